The van der Waals surface area contributed by atoms with Crippen molar-refractivity contribution in [2.24, 2.45) is 0 Å². The zero-order valence-corrected chi connectivity index (χ0v) is 18.9. The molecular weight excluding hydrogens is 334 g/mol. The highest BCUT2D eigenvalue weighted by Crippen LogP contribution is 2.15. The van der Waals surface area contributed by atoms with Gasteiger partial charge in [-0.05, 0) is 46.5 Å². The van der Waals surface area contributed by atoms with E-state index in [4.69, 9.17) is 0 Å². The van der Waals surface area contributed by atoms with E-state index in [1.807, 2.05) is 0 Å². The van der Waals surface area contributed by atoms with Crippen molar-refractivity contribution in [1.82, 2.24) is 0 Å². The fraction of sp³-hybridized carbons (Fsp3) is 0.958. The number of unbranched alkanes of at least 4 members (excludes halogenated alkanes) is 14. The number of carboxylic acids is 1. The molecule has 0 aliphatic carbocycles. The van der Waals surface area contributed by atoms with Crippen LogP contribution in [0.1, 0.15) is 124 Å². The molecule has 0 unspecified atom stereocenters. The van der Waals surface area contributed by atoms with Crippen molar-refractivity contribution >= 4 is 5.97 Å². The molecule has 0 radical (unpaired) electrons. The average Bonchev–Trinajstić information content (AvgIpc) is 2.67. The minimum atomic E-state index is -0.902. The van der Waals surface area contributed by atoms with Gasteiger partial charge in [0, 0.05) is 5.97 Å². The van der Waals surface area contributed by atoms with Crippen LogP contribution in [-0.2, 0) is 4.79 Å². The molecule has 0 N–H and O–H groups in total. The lowest BCUT2D eigenvalue weighted by Crippen LogP contribution is -2.48. The highest BCUT2D eigenvalue weighted by molar-refractivity contribution is 5.63. The molecule has 0 saturated heterocycles. The molecule has 162 valence electrons. The van der Waals surface area contributed by atoms with Crippen LogP contribution < -0.4 is 5.11 Å². The molecular formula is C24H49NO2. The van der Waals surface area contributed by atoms with Crippen molar-refractivity contribution in [3.8, 4) is 0 Å². The Labute approximate surface area is 170 Å². The Kier molecular flexibility index (Phi) is 18.4. The monoisotopic (exact) mass is 383 g/mol. The summed E-state index contributed by atoms with van der Waals surface area (Å²) in [5, 5.41) is 10.3. The summed E-state index contributed by atoms with van der Waals surface area (Å²) in [6.07, 6.45) is 19.9. The van der Waals surface area contributed by atoms with E-state index in [2.05, 4.69) is 20.8 Å². The molecule has 0 atom stereocenters. The first kappa shape index (κ1) is 26.4. The van der Waals surface area contributed by atoms with Gasteiger partial charge in [-0.25, -0.2) is 0 Å². The molecule has 0 heterocycles. The van der Waals surface area contributed by atoms with Crippen molar-refractivity contribution in [3.05, 3.63) is 0 Å². The Morgan fingerprint density at radius 2 is 0.852 bits per heavy atom. The standard InChI is InChI=1S/C24H49NO2/c1-4-25(5-2,6-3)23-21-19-17-15-13-11-9-7-8-10-12-14-16-18-20-22-24(26)27/h4-23H2,1-3H3. The van der Waals surface area contributed by atoms with Crippen LogP contribution >= 0.6 is 0 Å². The molecule has 0 fully saturated rings. The average molecular weight is 384 g/mol. The summed E-state index contributed by atoms with van der Waals surface area (Å²) in [4.78, 5) is 10.3. The number of nitrogens with zero attached hydrogens (tertiary/aromatic N) is 1. The van der Waals surface area contributed by atoms with Gasteiger partial charge in [0.05, 0.1) is 26.2 Å². The second-order valence-electron chi connectivity index (χ2n) is 8.44. The lowest BCUT2D eigenvalue weighted by Gasteiger charge is -2.35. The van der Waals surface area contributed by atoms with Crippen LogP contribution in [-0.4, -0.2) is 36.6 Å². The number of carboxylic acid groups (broad SMARTS) is 1. The second-order valence-corrected chi connectivity index (χ2v) is 8.44. The number of carbonyl (C=O) groups is 1. The molecule has 0 saturated carbocycles. The van der Waals surface area contributed by atoms with Crippen molar-refractivity contribution in [1.29, 1.82) is 0 Å². The Morgan fingerprint density at radius 1 is 0.556 bits per heavy atom. The quantitative estimate of drug-likeness (QED) is 0.184. The predicted molar refractivity (Wildman–Crippen MR) is 116 cm³/mol. The third kappa shape index (κ3) is 16.1. The first-order valence-electron chi connectivity index (χ1n) is 12.1. The third-order valence-electron chi connectivity index (χ3n) is 6.53. The van der Waals surface area contributed by atoms with Gasteiger partial charge in [-0.2, -0.15) is 0 Å². The summed E-state index contributed by atoms with van der Waals surface area (Å²) in [5.74, 6) is -0.902. The number of carbonyl (C=O) groups excluding carboxylic acids is 1. The molecule has 3 nitrogen and oxygen atoms in total. The molecule has 0 rings (SSSR count). The predicted octanol–water partition coefficient (Wildman–Crippen LogP) is 5.85. The van der Waals surface area contributed by atoms with Gasteiger partial charge in [0.25, 0.3) is 0 Å². The van der Waals surface area contributed by atoms with Crippen LogP contribution in [0.4, 0.5) is 0 Å². The summed E-state index contributed by atoms with van der Waals surface area (Å²) in [6.45, 7) is 12.3. The van der Waals surface area contributed by atoms with Gasteiger partial charge in [-0.3, -0.25) is 0 Å². The van der Waals surface area contributed by atoms with Crippen LogP contribution in [0.5, 0.6) is 0 Å². The van der Waals surface area contributed by atoms with Crippen molar-refractivity contribution in [2.75, 3.05) is 26.2 Å². The zero-order valence-electron chi connectivity index (χ0n) is 18.9. The molecule has 0 bridgehead atoms. The number of rotatable bonds is 21. The first-order chi connectivity index (χ1) is 13.1. The SMILES string of the molecule is CC[N+](CC)(CC)CCCCCCCCCCCCCCCCCC(=O)[O-]. The van der Waals surface area contributed by atoms with Gasteiger partial charge in [0.1, 0.15) is 0 Å². The third-order valence-corrected chi connectivity index (χ3v) is 6.53. The number of aliphatic carboxylic acids is 1. The van der Waals surface area contributed by atoms with Gasteiger partial charge >= 0.3 is 0 Å². The molecule has 27 heavy (non-hydrogen) atoms. The zero-order chi connectivity index (χ0) is 20.2. The fourth-order valence-electron chi connectivity index (χ4n) is 4.16. The Bertz CT molecular complexity index is 318. The maximum Gasteiger partial charge on any atom is 0.0786 e. The van der Waals surface area contributed by atoms with Gasteiger partial charge in [-0.1, -0.05) is 77.0 Å². The van der Waals surface area contributed by atoms with Gasteiger partial charge in [-0.15, -0.1) is 0 Å². The number of quaternary nitrogens is 1. The first-order valence-corrected chi connectivity index (χ1v) is 12.1. The van der Waals surface area contributed by atoms with Crippen LogP contribution in [0.15, 0.2) is 0 Å². The summed E-state index contributed by atoms with van der Waals surface area (Å²) >= 11 is 0. The van der Waals surface area contributed by atoms with E-state index < -0.39 is 5.97 Å². The minimum absolute atomic E-state index is 0.232. The molecule has 0 spiro atoms. The van der Waals surface area contributed by atoms with E-state index in [0.29, 0.717) is 0 Å². The topological polar surface area (TPSA) is 40.1 Å². The van der Waals surface area contributed by atoms with E-state index in [1.165, 1.54) is 114 Å². The Hall–Kier alpha value is -0.570. The summed E-state index contributed by atoms with van der Waals surface area (Å²) < 4.78 is 1.31. The van der Waals surface area contributed by atoms with Crippen LogP contribution in [0.25, 0.3) is 0 Å². The fourth-order valence-corrected chi connectivity index (χ4v) is 4.16. The molecule has 0 aromatic carbocycles. The van der Waals surface area contributed by atoms with Crippen molar-refractivity contribution < 1.29 is 14.4 Å². The minimum Gasteiger partial charge on any atom is -0.550 e. The maximum absolute atomic E-state index is 10.3. The van der Waals surface area contributed by atoms with E-state index >= 15 is 0 Å². The highest BCUT2D eigenvalue weighted by Gasteiger charge is 2.19. The number of hydrogen-bond donors (Lipinski definition) is 0. The summed E-state index contributed by atoms with van der Waals surface area (Å²) in [5.41, 5.74) is 0. The van der Waals surface area contributed by atoms with Crippen molar-refractivity contribution in [2.45, 2.75) is 124 Å². The smallest absolute Gasteiger partial charge is 0.0786 e. The van der Waals surface area contributed by atoms with Gasteiger partial charge in [0.15, 0.2) is 0 Å². The van der Waals surface area contributed by atoms with Crippen LogP contribution in [0, 0.1) is 0 Å². The molecule has 0 aromatic heterocycles. The van der Waals surface area contributed by atoms with E-state index in [9.17, 15) is 9.90 Å². The highest BCUT2D eigenvalue weighted by atomic mass is 16.4. The normalized spacial score (nSPS) is 11.8. The molecule has 0 aliphatic rings. The Balaban J connectivity index is 3.22. The van der Waals surface area contributed by atoms with Crippen LogP contribution in [0.3, 0.4) is 0 Å². The largest absolute Gasteiger partial charge is 0.550 e. The molecule has 3 heteroatoms. The lowest BCUT2D eigenvalue weighted by atomic mass is 10.0. The summed E-state index contributed by atoms with van der Waals surface area (Å²) in [7, 11) is 0. The van der Waals surface area contributed by atoms with Crippen molar-refractivity contribution in [3.63, 3.8) is 0 Å². The van der Waals surface area contributed by atoms with E-state index in [0.717, 1.165) is 12.8 Å². The second kappa shape index (κ2) is 18.8. The lowest BCUT2D eigenvalue weighted by molar-refractivity contribution is -0.923. The van der Waals surface area contributed by atoms with Crippen LogP contribution in [0.2, 0.25) is 0 Å². The van der Waals surface area contributed by atoms with Gasteiger partial charge in [0.2, 0.25) is 0 Å². The Morgan fingerprint density at radius 3 is 1.15 bits per heavy atom. The van der Waals surface area contributed by atoms with E-state index in [1.54, 1.807) is 0 Å². The maximum atomic E-state index is 10.3. The molecule has 0 amide bonds. The molecule has 0 aliphatic heterocycles. The van der Waals surface area contributed by atoms with E-state index in [-0.39, 0.29) is 6.42 Å². The summed E-state index contributed by atoms with van der Waals surface area (Å²) in [6, 6.07) is 0. The number of hydrogen-bond acceptors (Lipinski definition) is 2. The molecule has 0 aromatic rings. The van der Waals surface area contributed by atoms with Gasteiger partial charge < -0.3 is 14.4 Å².